The van der Waals surface area contributed by atoms with E-state index in [9.17, 15) is 9.18 Å². The number of anilines is 1. The summed E-state index contributed by atoms with van der Waals surface area (Å²) in [7, 11) is 2.20. The summed E-state index contributed by atoms with van der Waals surface area (Å²) in [6.07, 6.45) is 2.55. The van der Waals surface area contributed by atoms with Gasteiger partial charge in [0, 0.05) is 44.5 Å². The number of hydrogen-bond acceptors (Lipinski definition) is 4. The number of piperazine rings is 1. The van der Waals surface area contributed by atoms with Gasteiger partial charge in [0.25, 0.3) is 0 Å². The quantitative estimate of drug-likeness (QED) is 0.902. The standard InChI is InChI=1S/C19H29FN4O/c1-15(19(25)21-17-6-3-5-16(20)13-17)23-9-11-24(12-10-23)18-7-4-8-22(2)14-18/h3,5-6,13,15,18H,4,7-12,14H2,1-2H3,(H,21,25)/t15-,18-/m1/s1. The molecule has 138 valence electrons. The third-order valence-corrected chi connectivity index (χ3v) is 5.48. The van der Waals surface area contributed by atoms with Gasteiger partial charge in [-0.2, -0.15) is 0 Å². The highest BCUT2D eigenvalue weighted by atomic mass is 19.1. The molecular weight excluding hydrogens is 319 g/mol. The lowest BCUT2D eigenvalue weighted by Gasteiger charge is -2.43. The van der Waals surface area contributed by atoms with Crippen molar-refractivity contribution in [1.29, 1.82) is 0 Å². The molecule has 5 nitrogen and oxygen atoms in total. The van der Waals surface area contributed by atoms with Gasteiger partial charge in [0.15, 0.2) is 0 Å². The molecule has 0 aromatic heterocycles. The zero-order chi connectivity index (χ0) is 17.8. The Balaban J connectivity index is 1.49. The van der Waals surface area contributed by atoms with Crippen molar-refractivity contribution in [2.24, 2.45) is 0 Å². The van der Waals surface area contributed by atoms with Crippen molar-refractivity contribution in [2.45, 2.75) is 31.8 Å². The molecule has 1 aromatic carbocycles. The molecule has 1 amide bonds. The molecule has 0 bridgehead atoms. The molecule has 2 aliphatic rings. The Kier molecular flexibility index (Phi) is 6.04. The Morgan fingerprint density at radius 3 is 2.68 bits per heavy atom. The van der Waals surface area contributed by atoms with Gasteiger partial charge in [-0.05, 0) is 51.6 Å². The Morgan fingerprint density at radius 1 is 1.24 bits per heavy atom. The van der Waals surface area contributed by atoms with E-state index in [2.05, 4.69) is 27.1 Å². The van der Waals surface area contributed by atoms with Gasteiger partial charge >= 0.3 is 0 Å². The maximum absolute atomic E-state index is 13.3. The third kappa shape index (κ3) is 4.77. The fourth-order valence-corrected chi connectivity index (χ4v) is 3.91. The summed E-state index contributed by atoms with van der Waals surface area (Å²) in [6, 6.07) is 6.49. The summed E-state index contributed by atoms with van der Waals surface area (Å²) in [6.45, 7) is 8.10. The van der Waals surface area contributed by atoms with Crippen molar-refractivity contribution >= 4 is 11.6 Å². The minimum atomic E-state index is -0.337. The fourth-order valence-electron chi connectivity index (χ4n) is 3.91. The van der Waals surface area contributed by atoms with E-state index in [1.54, 1.807) is 12.1 Å². The van der Waals surface area contributed by atoms with Gasteiger partial charge in [-0.15, -0.1) is 0 Å². The molecule has 2 saturated heterocycles. The Labute approximate surface area is 149 Å². The Hall–Kier alpha value is -1.50. The molecule has 1 aromatic rings. The van der Waals surface area contributed by atoms with Gasteiger partial charge in [-0.1, -0.05) is 6.07 Å². The first-order chi connectivity index (χ1) is 12.0. The summed E-state index contributed by atoms with van der Waals surface area (Å²) in [5.41, 5.74) is 0.515. The predicted molar refractivity (Wildman–Crippen MR) is 98.2 cm³/mol. The van der Waals surface area contributed by atoms with Gasteiger partial charge in [-0.3, -0.25) is 14.6 Å². The van der Waals surface area contributed by atoms with E-state index in [0.717, 1.165) is 32.7 Å². The zero-order valence-electron chi connectivity index (χ0n) is 15.2. The van der Waals surface area contributed by atoms with Crippen LogP contribution in [0.4, 0.5) is 10.1 Å². The first kappa shape index (κ1) is 18.3. The molecular formula is C19H29FN4O. The van der Waals surface area contributed by atoms with E-state index in [0.29, 0.717) is 11.7 Å². The number of nitrogens with one attached hydrogen (secondary N) is 1. The van der Waals surface area contributed by atoms with Crippen molar-refractivity contribution < 1.29 is 9.18 Å². The van der Waals surface area contributed by atoms with Gasteiger partial charge in [0.05, 0.1) is 6.04 Å². The van der Waals surface area contributed by atoms with Gasteiger partial charge in [0.2, 0.25) is 5.91 Å². The molecule has 2 atom stereocenters. The molecule has 2 aliphatic heterocycles. The van der Waals surface area contributed by atoms with Crippen molar-refractivity contribution in [2.75, 3.05) is 51.6 Å². The molecule has 0 saturated carbocycles. The molecule has 0 unspecified atom stereocenters. The molecule has 25 heavy (non-hydrogen) atoms. The van der Waals surface area contributed by atoms with Gasteiger partial charge in [-0.25, -0.2) is 4.39 Å². The minimum absolute atomic E-state index is 0.0727. The average Bonchev–Trinajstić information content (AvgIpc) is 2.61. The number of piperidine rings is 1. The van der Waals surface area contributed by atoms with Crippen molar-refractivity contribution in [3.63, 3.8) is 0 Å². The molecule has 2 heterocycles. The van der Waals surface area contributed by atoms with Crippen LogP contribution in [0.15, 0.2) is 24.3 Å². The zero-order valence-corrected chi connectivity index (χ0v) is 15.2. The van der Waals surface area contributed by atoms with E-state index in [1.807, 2.05) is 6.92 Å². The smallest absolute Gasteiger partial charge is 0.241 e. The van der Waals surface area contributed by atoms with Crippen LogP contribution in [0.2, 0.25) is 0 Å². The van der Waals surface area contributed by atoms with E-state index >= 15 is 0 Å². The number of likely N-dealkylation sites (tertiary alicyclic amines) is 1. The SMILES string of the molecule is C[C@H](C(=O)Nc1cccc(F)c1)N1CCN([C@@H]2CCCN(C)C2)CC1. The maximum Gasteiger partial charge on any atom is 0.241 e. The number of nitrogens with zero attached hydrogens (tertiary/aromatic N) is 3. The number of hydrogen-bond donors (Lipinski definition) is 1. The molecule has 0 aliphatic carbocycles. The molecule has 0 radical (unpaired) electrons. The first-order valence-electron chi connectivity index (χ1n) is 9.26. The molecule has 2 fully saturated rings. The Bertz CT molecular complexity index is 589. The highest BCUT2D eigenvalue weighted by Crippen LogP contribution is 2.18. The minimum Gasteiger partial charge on any atom is -0.325 e. The summed E-state index contributed by atoms with van der Waals surface area (Å²) in [5, 5.41) is 2.82. The van der Waals surface area contributed by atoms with E-state index in [1.165, 1.54) is 31.5 Å². The lowest BCUT2D eigenvalue weighted by molar-refractivity contribution is -0.121. The maximum atomic E-state index is 13.3. The third-order valence-electron chi connectivity index (χ3n) is 5.48. The second kappa shape index (κ2) is 8.25. The largest absolute Gasteiger partial charge is 0.325 e. The van der Waals surface area contributed by atoms with Crippen LogP contribution in [-0.4, -0.2) is 79.0 Å². The lowest BCUT2D eigenvalue weighted by atomic mass is 10.0. The van der Waals surface area contributed by atoms with E-state index in [4.69, 9.17) is 0 Å². The summed E-state index contributed by atoms with van der Waals surface area (Å²) in [5.74, 6) is -0.409. The van der Waals surface area contributed by atoms with Crippen LogP contribution in [0, 0.1) is 5.82 Å². The van der Waals surface area contributed by atoms with Gasteiger partial charge < -0.3 is 10.2 Å². The molecule has 0 spiro atoms. The van der Waals surface area contributed by atoms with Crippen molar-refractivity contribution in [3.05, 3.63) is 30.1 Å². The van der Waals surface area contributed by atoms with Crippen LogP contribution in [-0.2, 0) is 4.79 Å². The monoisotopic (exact) mass is 348 g/mol. The predicted octanol–water partition coefficient (Wildman–Crippen LogP) is 1.86. The molecule has 1 N–H and O–H groups in total. The number of amides is 1. The topological polar surface area (TPSA) is 38.8 Å². The summed E-state index contributed by atoms with van der Waals surface area (Å²) in [4.78, 5) is 19.7. The van der Waals surface area contributed by atoms with Crippen LogP contribution >= 0.6 is 0 Å². The highest BCUT2D eigenvalue weighted by molar-refractivity contribution is 5.94. The molecule has 3 rings (SSSR count). The number of carbonyl (C=O) groups is 1. The van der Waals surface area contributed by atoms with Crippen molar-refractivity contribution in [3.8, 4) is 0 Å². The van der Waals surface area contributed by atoms with Crippen LogP contribution in [0.1, 0.15) is 19.8 Å². The van der Waals surface area contributed by atoms with Crippen LogP contribution in [0.3, 0.4) is 0 Å². The average molecular weight is 348 g/mol. The second-order valence-electron chi connectivity index (χ2n) is 7.31. The van der Waals surface area contributed by atoms with Crippen molar-refractivity contribution in [1.82, 2.24) is 14.7 Å². The summed E-state index contributed by atoms with van der Waals surface area (Å²) < 4.78 is 13.3. The van der Waals surface area contributed by atoms with Crippen LogP contribution in [0.5, 0.6) is 0 Å². The van der Waals surface area contributed by atoms with Crippen LogP contribution in [0.25, 0.3) is 0 Å². The Morgan fingerprint density at radius 2 is 2.00 bits per heavy atom. The molecule has 6 heteroatoms. The number of carbonyl (C=O) groups excluding carboxylic acids is 1. The van der Waals surface area contributed by atoms with Gasteiger partial charge in [0.1, 0.15) is 5.82 Å². The highest BCUT2D eigenvalue weighted by Gasteiger charge is 2.30. The number of rotatable bonds is 4. The summed E-state index contributed by atoms with van der Waals surface area (Å²) >= 11 is 0. The first-order valence-corrected chi connectivity index (χ1v) is 9.26. The fraction of sp³-hybridized carbons (Fsp3) is 0.632. The number of halogens is 1. The lowest BCUT2D eigenvalue weighted by Crippen LogP contribution is -2.57. The van der Waals surface area contributed by atoms with Crippen LogP contribution < -0.4 is 5.32 Å². The van der Waals surface area contributed by atoms with E-state index in [-0.39, 0.29) is 17.8 Å². The number of benzene rings is 1. The second-order valence-corrected chi connectivity index (χ2v) is 7.31. The normalized spacial score (nSPS) is 24.8. The van der Waals surface area contributed by atoms with E-state index < -0.39 is 0 Å². The number of likely N-dealkylation sites (N-methyl/N-ethyl adjacent to an activating group) is 1.